The lowest BCUT2D eigenvalue weighted by Crippen LogP contribution is -2.49. The van der Waals surface area contributed by atoms with Crippen LogP contribution in [0.5, 0.6) is 0 Å². The zero-order valence-electron chi connectivity index (χ0n) is 12.8. The van der Waals surface area contributed by atoms with Crippen LogP contribution >= 0.6 is 28.1 Å². The van der Waals surface area contributed by atoms with Crippen molar-refractivity contribution in [3.05, 3.63) is 39.9 Å². The molecule has 0 radical (unpaired) electrons. The largest absolute Gasteiger partial charge is 0.383 e. The standard InChI is InChI=1S/C15H20BrN3O2S/c1-10-4-5-12(13(16)8-10)6-7-14(20)18-19-15(22)17-11(2)9-21-3/h4-8,11H,9H2,1-3H3,(H,18,20)(H2,17,19,22)/b7-6+/t11-/m1/s1. The summed E-state index contributed by atoms with van der Waals surface area (Å²) in [6.45, 7) is 4.46. The molecule has 1 aromatic carbocycles. The molecule has 1 rings (SSSR count). The second kappa shape index (κ2) is 9.55. The fraction of sp³-hybridized carbons (Fsp3) is 0.333. The number of carbonyl (C=O) groups excluding carboxylic acids is 1. The van der Waals surface area contributed by atoms with Crippen molar-refractivity contribution in [3.63, 3.8) is 0 Å². The maximum atomic E-state index is 11.7. The summed E-state index contributed by atoms with van der Waals surface area (Å²) < 4.78 is 5.92. The summed E-state index contributed by atoms with van der Waals surface area (Å²) in [5.74, 6) is -0.295. The number of aryl methyl sites for hydroxylation is 1. The van der Waals surface area contributed by atoms with Crippen LogP contribution in [0.15, 0.2) is 28.7 Å². The first-order chi connectivity index (χ1) is 10.4. The van der Waals surface area contributed by atoms with Gasteiger partial charge in [-0.2, -0.15) is 0 Å². The minimum Gasteiger partial charge on any atom is -0.383 e. The van der Waals surface area contributed by atoms with Gasteiger partial charge in [0.05, 0.1) is 6.61 Å². The van der Waals surface area contributed by atoms with Crippen LogP contribution < -0.4 is 16.2 Å². The predicted octanol–water partition coefficient (Wildman–Crippen LogP) is 2.30. The van der Waals surface area contributed by atoms with Gasteiger partial charge >= 0.3 is 0 Å². The molecule has 0 unspecified atom stereocenters. The van der Waals surface area contributed by atoms with Crippen LogP contribution in [0.25, 0.3) is 6.08 Å². The van der Waals surface area contributed by atoms with Gasteiger partial charge in [0.15, 0.2) is 5.11 Å². The molecule has 0 bridgehead atoms. The Morgan fingerprint density at radius 3 is 2.82 bits per heavy atom. The zero-order chi connectivity index (χ0) is 16.5. The molecule has 0 aliphatic rings. The number of hydrogen-bond acceptors (Lipinski definition) is 3. The zero-order valence-corrected chi connectivity index (χ0v) is 15.2. The monoisotopic (exact) mass is 385 g/mol. The highest BCUT2D eigenvalue weighted by Gasteiger charge is 2.04. The number of hydrazine groups is 1. The van der Waals surface area contributed by atoms with E-state index in [1.165, 1.54) is 6.08 Å². The van der Waals surface area contributed by atoms with Crippen molar-refractivity contribution in [2.75, 3.05) is 13.7 Å². The van der Waals surface area contributed by atoms with Gasteiger partial charge in [-0.1, -0.05) is 28.1 Å². The number of rotatable bonds is 5. The van der Waals surface area contributed by atoms with Gasteiger partial charge in [-0.05, 0) is 49.3 Å². The van der Waals surface area contributed by atoms with Crippen molar-refractivity contribution in [1.82, 2.24) is 16.2 Å². The number of methoxy groups -OCH3 is 1. The van der Waals surface area contributed by atoms with Crippen LogP contribution in [-0.2, 0) is 9.53 Å². The Hall–Kier alpha value is -1.44. The summed E-state index contributed by atoms with van der Waals surface area (Å²) in [6, 6.07) is 5.97. The molecule has 7 heteroatoms. The Morgan fingerprint density at radius 1 is 1.45 bits per heavy atom. The van der Waals surface area contributed by atoms with Crippen molar-refractivity contribution in [2.45, 2.75) is 19.9 Å². The van der Waals surface area contributed by atoms with E-state index in [9.17, 15) is 4.79 Å². The highest BCUT2D eigenvalue weighted by Crippen LogP contribution is 2.19. The third kappa shape index (κ3) is 7.02. The number of carbonyl (C=O) groups is 1. The van der Waals surface area contributed by atoms with Crippen LogP contribution in [0.3, 0.4) is 0 Å². The van der Waals surface area contributed by atoms with E-state index in [1.807, 2.05) is 32.0 Å². The number of nitrogens with one attached hydrogen (secondary N) is 3. The Kier molecular flexibility index (Phi) is 8.08. The van der Waals surface area contributed by atoms with E-state index in [0.717, 1.165) is 15.6 Å². The van der Waals surface area contributed by atoms with Gasteiger partial charge in [0.1, 0.15) is 0 Å². The molecule has 0 saturated heterocycles. The first kappa shape index (κ1) is 18.6. The summed E-state index contributed by atoms with van der Waals surface area (Å²) in [5.41, 5.74) is 7.21. The van der Waals surface area contributed by atoms with Gasteiger partial charge < -0.3 is 10.1 Å². The third-order valence-corrected chi connectivity index (χ3v) is 3.57. The summed E-state index contributed by atoms with van der Waals surface area (Å²) >= 11 is 8.51. The lowest BCUT2D eigenvalue weighted by molar-refractivity contribution is -0.116. The van der Waals surface area contributed by atoms with Gasteiger partial charge in [-0.3, -0.25) is 15.6 Å². The maximum Gasteiger partial charge on any atom is 0.262 e. The minimum atomic E-state index is -0.295. The topological polar surface area (TPSA) is 62.4 Å². The van der Waals surface area contributed by atoms with Gasteiger partial charge in [0.25, 0.3) is 5.91 Å². The van der Waals surface area contributed by atoms with Gasteiger partial charge in [-0.15, -0.1) is 0 Å². The number of hydrogen-bond donors (Lipinski definition) is 3. The van der Waals surface area contributed by atoms with Gasteiger partial charge in [0.2, 0.25) is 0 Å². The van der Waals surface area contributed by atoms with E-state index in [0.29, 0.717) is 11.7 Å². The van der Waals surface area contributed by atoms with Crippen molar-refractivity contribution < 1.29 is 9.53 Å². The number of benzene rings is 1. The molecular weight excluding hydrogens is 366 g/mol. The summed E-state index contributed by atoms with van der Waals surface area (Å²) in [5, 5.41) is 3.31. The quantitative estimate of drug-likeness (QED) is 0.412. The molecule has 0 spiro atoms. The van der Waals surface area contributed by atoms with E-state index in [-0.39, 0.29) is 11.9 Å². The lowest BCUT2D eigenvalue weighted by atomic mass is 10.1. The molecule has 1 amide bonds. The van der Waals surface area contributed by atoms with Crippen LogP contribution in [0, 0.1) is 6.92 Å². The fourth-order valence-corrected chi connectivity index (χ4v) is 2.52. The molecule has 3 N–H and O–H groups in total. The second-order valence-electron chi connectivity index (χ2n) is 4.80. The normalized spacial score (nSPS) is 12.0. The van der Waals surface area contributed by atoms with Crippen molar-refractivity contribution in [2.24, 2.45) is 0 Å². The molecule has 1 aromatic rings. The van der Waals surface area contributed by atoms with Crippen molar-refractivity contribution in [1.29, 1.82) is 0 Å². The fourth-order valence-electron chi connectivity index (χ4n) is 1.64. The number of halogens is 1. The first-order valence-corrected chi connectivity index (χ1v) is 7.92. The van der Waals surface area contributed by atoms with E-state index in [1.54, 1.807) is 13.2 Å². The number of thiocarbonyl (C=S) groups is 1. The van der Waals surface area contributed by atoms with Gasteiger partial charge in [-0.25, -0.2) is 0 Å². The minimum absolute atomic E-state index is 0.0564. The molecule has 0 saturated carbocycles. The molecule has 5 nitrogen and oxygen atoms in total. The van der Waals surface area contributed by atoms with Crippen LogP contribution in [0.4, 0.5) is 0 Å². The van der Waals surface area contributed by atoms with Crippen LogP contribution in [0.2, 0.25) is 0 Å². The third-order valence-electron chi connectivity index (χ3n) is 2.66. The molecule has 1 atom stereocenters. The average Bonchev–Trinajstić information content (AvgIpc) is 2.44. The Bertz CT molecular complexity index is 564. The summed E-state index contributed by atoms with van der Waals surface area (Å²) in [7, 11) is 1.62. The van der Waals surface area contributed by atoms with E-state index in [2.05, 4.69) is 32.1 Å². The maximum absolute atomic E-state index is 11.7. The highest BCUT2D eigenvalue weighted by atomic mass is 79.9. The van der Waals surface area contributed by atoms with E-state index < -0.39 is 0 Å². The van der Waals surface area contributed by atoms with E-state index in [4.69, 9.17) is 17.0 Å². The smallest absolute Gasteiger partial charge is 0.262 e. The first-order valence-electron chi connectivity index (χ1n) is 6.72. The predicted molar refractivity (Wildman–Crippen MR) is 96.3 cm³/mol. The van der Waals surface area contributed by atoms with E-state index >= 15 is 0 Å². The van der Waals surface area contributed by atoms with Crippen molar-refractivity contribution in [3.8, 4) is 0 Å². The highest BCUT2D eigenvalue weighted by molar-refractivity contribution is 9.10. The molecule has 120 valence electrons. The molecule has 0 fully saturated rings. The molecule has 0 heterocycles. The van der Waals surface area contributed by atoms with Crippen LogP contribution in [0.1, 0.15) is 18.1 Å². The Labute approximate surface area is 144 Å². The van der Waals surface area contributed by atoms with Crippen molar-refractivity contribution >= 4 is 45.2 Å². The second-order valence-corrected chi connectivity index (χ2v) is 6.06. The molecule has 0 aliphatic carbocycles. The number of amides is 1. The summed E-state index contributed by atoms with van der Waals surface area (Å²) in [6.07, 6.45) is 3.16. The Morgan fingerprint density at radius 2 is 2.18 bits per heavy atom. The van der Waals surface area contributed by atoms with Crippen LogP contribution in [-0.4, -0.2) is 30.8 Å². The molecule has 0 aromatic heterocycles. The lowest BCUT2D eigenvalue weighted by Gasteiger charge is -2.15. The SMILES string of the molecule is COC[C@@H](C)NC(=S)NNC(=O)/C=C/c1ccc(C)cc1Br. The average molecular weight is 386 g/mol. The Balaban J connectivity index is 2.43. The molecular formula is C15H20BrN3O2S. The molecule has 22 heavy (non-hydrogen) atoms. The van der Waals surface area contributed by atoms with Gasteiger partial charge in [0, 0.05) is 23.7 Å². The summed E-state index contributed by atoms with van der Waals surface area (Å²) in [4.78, 5) is 11.7. The molecule has 0 aliphatic heterocycles. The number of ether oxygens (including phenoxy) is 1.